The van der Waals surface area contributed by atoms with Crippen molar-refractivity contribution in [2.75, 3.05) is 37.6 Å². The summed E-state index contributed by atoms with van der Waals surface area (Å²) in [4.78, 5) is 25.6. The predicted molar refractivity (Wildman–Crippen MR) is 90.7 cm³/mol. The Balaban J connectivity index is 1.44. The lowest BCUT2D eigenvalue weighted by molar-refractivity contribution is -0.134. The molecule has 0 aromatic carbocycles. The number of piperidine rings is 1. The Bertz CT molecular complexity index is 729. The molecule has 1 unspecified atom stereocenters. The second kappa shape index (κ2) is 6.35. The first kappa shape index (κ1) is 15.3. The van der Waals surface area contributed by atoms with Crippen molar-refractivity contribution in [3.8, 4) is 0 Å². The van der Waals surface area contributed by atoms with Gasteiger partial charge < -0.3 is 15.1 Å². The SMILES string of the molecule is Cn1ncc2c(N3CCN(C(=O)C4CCCCN4)CC3)ncnc21. The zero-order chi connectivity index (χ0) is 16.5. The number of carbonyl (C=O) groups excluding carboxylic acids is 1. The van der Waals surface area contributed by atoms with Crippen molar-refractivity contribution in [3.05, 3.63) is 12.5 Å². The Morgan fingerprint density at radius 2 is 2.04 bits per heavy atom. The Kier molecular flexibility index (Phi) is 4.05. The molecule has 0 saturated carbocycles. The molecule has 2 saturated heterocycles. The van der Waals surface area contributed by atoms with Crippen LogP contribution in [0.3, 0.4) is 0 Å². The molecule has 0 radical (unpaired) electrons. The number of hydrogen-bond acceptors (Lipinski definition) is 6. The van der Waals surface area contributed by atoms with Gasteiger partial charge >= 0.3 is 0 Å². The molecule has 1 N–H and O–H groups in total. The van der Waals surface area contributed by atoms with Gasteiger partial charge in [-0.05, 0) is 19.4 Å². The van der Waals surface area contributed by atoms with E-state index in [9.17, 15) is 4.79 Å². The van der Waals surface area contributed by atoms with Gasteiger partial charge in [-0.2, -0.15) is 5.10 Å². The van der Waals surface area contributed by atoms with Crippen LogP contribution in [-0.4, -0.2) is 69.3 Å². The molecule has 8 heteroatoms. The highest BCUT2D eigenvalue weighted by Gasteiger charge is 2.29. The second-order valence-corrected chi connectivity index (χ2v) is 6.52. The van der Waals surface area contributed by atoms with Crippen LogP contribution in [0.25, 0.3) is 11.0 Å². The van der Waals surface area contributed by atoms with E-state index in [2.05, 4.69) is 25.3 Å². The maximum atomic E-state index is 12.6. The maximum Gasteiger partial charge on any atom is 0.239 e. The molecule has 24 heavy (non-hydrogen) atoms. The molecule has 0 spiro atoms. The van der Waals surface area contributed by atoms with Gasteiger partial charge in [0, 0.05) is 33.2 Å². The van der Waals surface area contributed by atoms with Gasteiger partial charge in [-0.25, -0.2) is 9.97 Å². The molecule has 4 rings (SSSR count). The van der Waals surface area contributed by atoms with Crippen molar-refractivity contribution in [2.45, 2.75) is 25.3 Å². The zero-order valence-corrected chi connectivity index (χ0v) is 14.0. The van der Waals surface area contributed by atoms with Crippen LogP contribution in [0.1, 0.15) is 19.3 Å². The first-order valence-electron chi connectivity index (χ1n) is 8.64. The first-order chi connectivity index (χ1) is 11.7. The number of aryl methyl sites for hydroxylation is 1. The van der Waals surface area contributed by atoms with Crippen LogP contribution in [-0.2, 0) is 11.8 Å². The van der Waals surface area contributed by atoms with E-state index in [-0.39, 0.29) is 11.9 Å². The smallest absolute Gasteiger partial charge is 0.239 e. The lowest BCUT2D eigenvalue weighted by Crippen LogP contribution is -2.55. The van der Waals surface area contributed by atoms with E-state index in [4.69, 9.17) is 0 Å². The van der Waals surface area contributed by atoms with Gasteiger partial charge in [0.15, 0.2) is 5.65 Å². The average molecular weight is 329 g/mol. The van der Waals surface area contributed by atoms with Crippen molar-refractivity contribution in [1.82, 2.24) is 30.0 Å². The molecule has 2 aliphatic rings. The minimum absolute atomic E-state index is 0.00869. The summed E-state index contributed by atoms with van der Waals surface area (Å²) in [5.41, 5.74) is 0.838. The Labute approximate surface area is 140 Å². The van der Waals surface area contributed by atoms with E-state index in [1.807, 2.05) is 18.1 Å². The van der Waals surface area contributed by atoms with E-state index < -0.39 is 0 Å². The molecular formula is C16H23N7O. The summed E-state index contributed by atoms with van der Waals surface area (Å²) < 4.78 is 1.76. The fraction of sp³-hybridized carbons (Fsp3) is 0.625. The monoisotopic (exact) mass is 329 g/mol. The Morgan fingerprint density at radius 3 is 2.79 bits per heavy atom. The van der Waals surface area contributed by atoms with Gasteiger partial charge in [0.05, 0.1) is 17.6 Å². The number of piperazine rings is 1. The standard InChI is InChI=1S/C16H23N7O/c1-21-14-12(10-20-21)15(19-11-18-14)22-6-8-23(9-7-22)16(24)13-4-2-3-5-17-13/h10-11,13,17H,2-9H2,1H3. The summed E-state index contributed by atoms with van der Waals surface area (Å²) in [5, 5.41) is 8.59. The first-order valence-corrected chi connectivity index (χ1v) is 8.64. The van der Waals surface area contributed by atoms with Gasteiger partial charge in [-0.3, -0.25) is 9.48 Å². The quantitative estimate of drug-likeness (QED) is 0.845. The average Bonchev–Trinajstić information content (AvgIpc) is 3.03. The van der Waals surface area contributed by atoms with Crippen LogP contribution in [0.2, 0.25) is 0 Å². The number of nitrogens with zero attached hydrogens (tertiary/aromatic N) is 6. The van der Waals surface area contributed by atoms with E-state index in [1.54, 1.807) is 11.0 Å². The van der Waals surface area contributed by atoms with Crippen LogP contribution in [0.15, 0.2) is 12.5 Å². The molecule has 0 aliphatic carbocycles. The molecule has 2 fully saturated rings. The summed E-state index contributed by atoms with van der Waals surface area (Å²) in [5.74, 6) is 1.17. The van der Waals surface area contributed by atoms with Crippen LogP contribution in [0, 0.1) is 0 Å². The van der Waals surface area contributed by atoms with Crippen molar-refractivity contribution < 1.29 is 4.79 Å². The summed E-state index contributed by atoms with van der Waals surface area (Å²) in [6.07, 6.45) is 6.67. The van der Waals surface area contributed by atoms with Gasteiger partial charge in [-0.1, -0.05) is 6.42 Å². The Hall–Kier alpha value is -2.22. The minimum Gasteiger partial charge on any atom is -0.352 e. The topological polar surface area (TPSA) is 79.2 Å². The molecule has 1 amide bonds. The van der Waals surface area contributed by atoms with Crippen LogP contribution in [0.5, 0.6) is 0 Å². The van der Waals surface area contributed by atoms with Gasteiger partial charge in [0.1, 0.15) is 12.1 Å². The molecule has 128 valence electrons. The zero-order valence-electron chi connectivity index (χ0n) is 14.0. The third kappa shape index (κ3) is 2.71. The number of amides is 1. The predicted octanol–water partition coefficient (Wildman–Crippen LogP) is 0.154. The number of rotatable bonds is 2. The molecule has 2 aliphatic heterocycles. The lowest BCUT2D eigenvalue weighted by Gasteiger charge is -2.37. The number of hydrogen-bond donors (Lipinski definition) is 1. The highest BCUT2D eigenvalue weighted by Crippen LogP contribution is 2.23. The summed E-state index contributed by atoms with van der Waals surface area (Å²) in [6, 6.07) is 0.00869. The molecule has 2 aromatic heterocycles. The van der Waals surface area contributed by atoms with Gasteiger partial charge in [-0.15, -0.1) is 0 Å². The second-order valence-electron chi connectivity index (χ2n) is 6.52. The number of nitrogens with one attached hydrogen (secondary N) is 1. The third-order valence-corrected chi connectivity index (χ3v) is 5.01. The minimum atomic E-state index is 0.00869. The highest BCUT2D eigenvalue weighted by atomic mass is 16.2. The summed E-state index contributed by atoms with van der Waals surface area (Å²) in [6.45, 7) is 4.01. The Morgan fingerprint density at radius 1 is 1.21 bits per heavy atom. The van der Waals surface area contributed by atoms with Crippen molar-refractivity contribution in [3.63, 3.8) is 0 Å². The molecular weight excluding hydrogens is 306 g/mol. The van der Waals surface area contributed by atoms with E-state index in [0.717, 1.165) is 62.4 Å². The largest absolute Gasteiger partial charge is 0.352 e. The molecule has 8 nitrogen and oxygen atoms in total. The van der Waals surface area contributed by atoms with Gasteiger partial charge in [0.25, 0.3) is 0 Å². The molecule has 1 atom stereocenters. The van der Waals surface area contributed by atoms with Crippen LogP contribution in [0.4, 0.5) is 5.82 Å². The van der Waals surface area contributed by atoms with Crippen molar-refractivity contribution >= 4 is 22.8 Å². The lowest BCUT2D eigenvalue weighted by atomic mass is 10.0. The number of anilines is 1. The van der Waals surface area contributed by atoms with Crippen molar-refractivity contribution in [2.24, 2.45) is 7.05 Å². The van der Waals surface area contributed by atoms with Crippen LogP contribution >= 0.6 is 0 Å². The maximum absolute atomic E-state index is 12.6. The van der Waals surface area contributed by atoms with Crippen molar-refractivity contribution in [1.29, 1.82) is 0 Å². The van der Waals surface area contributed by atoms with E-state index in [1.165, 1.54) is 6.42 Å². The summed E-state index contributed by atoms with van der Waals surface area (Å²) in [7, 11) is 1.88. The highest BCUT2D eigenvalue weighted by molar-refractivity contribution is 5.87. The fourth-order valence-corrected chi connectivity index (χ4v) is 3.62. The molecule has 2 aromatic rings. The normalized spacial score (nSPS) is 22.1. The number of fused-ring (bicyclic) bond motifs is 1. The number of carbonyl (C=O) groups is 1. The summed E-state index contributed by atoms with van der Waals surface area (Å²) >= 11 is 0. The molecule has 0 bridgehead atoms. The fourth-order valence-electron chi connectivity index (χ4n) is 3.62. The van der Waals surface area contributed by atoms with Gasteiger partial charge in [0.2, 0.25) is 5.91 Å². The number of aromatic nitrogens is 4. The van der Waals surface area contributed by atoms with E-state index >= 15 is 0 Å². The third-order valence-electron chi connectivity index (χ3n) is 5.01. The molecule has 4 heterocycles. The van der Waals surface area contributed by atoms with E-state index in [0.29, 0.717) is 0 Å². The van der Waals surface area contributed by atoms with Crippen LogP contribution < -0.4 is 10.2 Å².